The van der Waals surface area contributed by atoms with Gasteiger partial charge in [0.2, 0.25) is 0 Å². The summed E-state index contributed by atoms with van der Waals surface area (Å²) in [5.41, 5.74) is 2.19. The topological polar surface area (TPSA) is 65.4 Å². The molecule has 7 heteroatoms. The number of aromatic nitrogens is 2. The number of para-hydroxylation sites is 4. The summed E-state index contributed by atoms with van der Waals surface area (Å²) in [5, 5.41) is 2.86. The summed E-state index contributed by atoms with van der Waals surface area (Å²) in [6.07, 6.45) is 0. The quantitative estimate of drug-likeness (QED) is 0.420. The van der Waals surface area contributed by atoms with E-state index in [0.29, 0.717) is 42.6 Å². The largest absolute Gasteiger partial charge is 0.490 e. The average molecular weight is 433 g/mol. The van der Waals surface area contributed by atoms with E-state index >= 15 is 0 Å². The van der Waals surface area contributed by atoms with Crippen LogP contribution in [0.4, 0.5) is 4.39 Å². The van der Waals surface area contributed by atoms with Crippen LogP contribution in [-0.2, 0) is 13.1 Å². The Hall–Kier alpha value is -3.87. The molecule has 6 nitrogen and oxygen atoms in total. The molecule has 0 atom stereocenters. The van der Waals surface area contributed by atoms with Crippen molar-refractivity contribution in [2.75, 3.05) is 13.2 Å². The van der Waals surface area contributed by atoms with Crippen molar-refractivity contribution in [3.63, 3.8) is 0 Å². The lowest BCUT2D eigenvalue weighted by Gasteiger charge is -2.14. The van der Waals surface area contributed by atoms with Gasteiger partial charge in [-0.05, 0) is 55.5 Å². The Morgan fingerprint density at radius 3 is 2.41 bits per heavy atom. The monoisotopic (exact) mass is 433 g/mol. The number of rotatable bonds is 9. The van der Waals surface area contributed by atoms with Crippen LogP contribution in [0.1, 0.15) is 23.1 Å². The smallest absolute Gasteiger partial charge is 0.251 e. The molecule has 1 amide bonds. The molecule has 0 aliphatic carbocycles. The van der Waals surface area contributed by atoms with Gasteiger partial charge in [-0.3, -0.25) is 4.79 Å². The molecule has 1 heterocycles. The number of nitrogens with zero attached hydrogens (tertiary/aromatic N) is 2. The van der Waals surface area contributed by atoms with Crippen LogP contribution in [0.15, 0.2) is 72.8 Å². The Kier molecular flexibility index (Phi) is 6.65. The number of hydrogen-bond acceptors (Lipinski definition) is 4. The minimum absolute atomic E-state index is 0.237. The molecule has 0 aliphatic heterocycles. The first-order valence-corrected chi connectivity index (χ1v) is 10.5. The van der Waals surface area contributed by atoms with E-state index in [9.17, 15) is 9.18 Å². The summed E-state index contributed by atoms with van der Waals surface area (Å²) in [5.74, 6) is 1.44. The minimum Gasteiger partial charge on any atom is -0.490 e. The van der Waals surface area contributed by atoms with Crippen molar-refractivity contribution in [1.29, 1.82) is 0 Å². The van der Waals surface area contributed by atoms with Gasteiger partial charge in [0.25, 0.3) is 5.91 Å². The molecule has 32 heavy (non-hydrogen) atoms. The number of amides is 1. The van der Waals surface area contributed by atoms with Crippen LogP contribution in [0.2, 0.25) is 0 Å². The van der Waals surface area contributed by atoms with E-state index in [4.69, 9.17) is 9.47 Å². The van der Waals surface area contributed by atoms with E-state index in [2.05, 4.69) is 10.3 Å². The maximum Gasteiger partial charge on any atom is 0.251 e. The van der Waals surface area contributed by atoms with Crippen molar-refractivity contribution >= 4 is 16.9 Å². The molecule has 0 fully saturated rings. The number of carbonyl (C=O) groups excluding carboxylic acids is 1. The van der Waals surface area contributed by atoms with Crippen molar-refractivity contribution in [2.45, 2.75) is 20.0 Å². The first kappa shape index (κ1) is 21.4. The number of fused-ring (bicyclic) bond motifs is 1. The van der Waals surface area contributed by atoms with E-state index in [0.717, 1.165) is 11.0 Å². The molecular weight excluding hydrogens is 409 g/mol. The zero-order valence-electron chi connectivity index (χ0n) is 17.8. The third kappa shape index (κ3) is 4.88. The highest BCUT2D eigenvalue weighted by atomic mass is 19.1. The lowest BCUT2D eigenvalue weighted by molar-refractivity contribution is 0.0949. The lowest BCUT2D eigenvalue weighted by atomic mass is 10.2. The van der Waals surface area contributed by atoms with Crippen LogP contribution in [0.3, 0.4) is 0 Å². The van der Waals surface area contributed by atoms with Gasteiger partial charge in [-0.25, -0.2) is 9.37 Å². The van der Waals surface area contributed by atoms with Crippen LogP contribution in [0.5, 0.6) is 11.5 Å². The van der Waals surface area contributed by atoms with Crippen molar-refractivity contribution in [3.8, 4) is 11.5 Å². The highest BCUT2D eigenvalue weighted by Gasteiger charge is 2.13. The fraction of sp³-hybridized carbons (Fsp3) is 0.200. The Labute approximate surface area is 185 Å². The molecular formula is C25H24FN3O3. The van der Waals surface area contributed by atoms with Gasteiger partial charge in [0.05, 0.1) is 30.7 Å². The Bertz CT molecular complexity index is 1200. The zero-order valence-corrected chi connectivity index (χ0v) is 17.8. The van der Waals surface area contributed by atoms with Crippen molar-refractivity contribution < 1.29 is 18.7 Å². The maximum atomic E-state index is 13.1. The van der Waals surface area contributed by atoms with Crippen LogP contribution in [-0.4, -0.2) is 28.7 Å². The second-order valence-corrected chi connectivity index (χ2v) is 7.09. The summed E-state index contributed by atoms with van der Waals surface area (Å²) >= 11 is 0. The molecule has 3 aromatic carbocycles. The van der Waals surface area contributed by atoms with Gasteiger partial charge >= 0.3 is 0 Å². The molecule has 4 aromatic rings. The number of benzene rings is 3. The summed E-state index contributed by atoms with van der Waals surface area (Å²) in [7, 11) is 0. The first-order valence-electron chi connectivity index (χ1n) is 10.5. The normalized spacial score (nSPS) is 10.8. The van der Waals surface area contributed by atoms with E-state index in [1.54, 1.807) is 0 Å². The summed E-state index contributed by atoms with van der Waals surface area (Å²) in [4.78, 5) is 17.1. The molecule has 1 N–H and O–H groups in total. The number of ether oxygens (including phenoxy) is 2. The third-order valence-corrected chi connectivity index (χ3v) is 4.97. The van der Waals surface area contributed by atoms with Gasteiger partial charge in [-0.15, -0.1) is 0 Å². The van der Waals surface area contributed by atoms with Gasteiger partial charge in [-0.1, -0.05) is 24.3 Å². The van der Waals surface area contributed by atoms with Crippen molar-refractivity contribution in [3.05, 3.63) is 90.0 Å². The van der Waals surface area contributed by atoms with E-state index in [-0.39, 0.29) is 18.3 Å². The minimum atomic E-state index is -0.380. The average Bonchev–Trinajstić information content (AvgIpc) is 3.17. The number of nitrogens with one attached hydrogen (secondary N) is 1. The third-order valence-electron chi connectivity index (χ3n) is 4.97. The van der Waals surface area contributed by atoms with Gasteiger partial charge in [-0.2, -0.15) is 0 Å². The second-order valence-electron chi connectivity index (χ2n) is 7.09. The Morgan fingerprint density at radius 1 is 0.969 bits per heavy atom. The van der Waals surface area contributed by atoms with Crippen LogP contribution < -0.4 is 14.8 Å². The Morgan fingerprint density at radius 2 is 1.66 bits per heavy atom. The van der Waals surface area contributed by atoms with Gasteiger partial charge in [0.1, 0.15) is 18.2 Å². The Balaban J connectivity index is 1.48. The van der Waals surface area contributed by atoms with Crippen molar-refractivity contribution in [2.24, 2.45) is 0 Å². The van der Waals surface area contributed by atoms with Crippen LogP contribution in [0, 0.1) is 5.82 Å². The maximum absolute atomic E-state index is 13.1. The molecule has 4 rings (SSSR count). The highest BCUT2D eigenvalue weighted by Crippen LogP contribution is 2.26. The first-order chi connectivity index (χ1) is 15.7. The number of imidazole rings is 1. The van der Waals surface area contributed by atoms with Crippen LogP contribution >= 0.6 is 0 Å². The van der Waals surface area contributed by atoms with Gasteiger partial charge in [0.15, 0.2) is 11.5 Å². The number of hydrogen-bond donors (Lipinski definition) is 1. The predicted molar refractivity (Wildman–Crippen MR) is 120 cm³/mol. The van der Waals surface area contributed by atoms with Gasteiger partial charge in [0, 0.05) is 5.56 Å². The molecule has 0 radical (unpaired) electrons. The fourth-order valence-corrected chi connectivity index (χ4v) is 3.46. The molecule has 0 unspecified atom stereocenters. The van der Waals surface area contributed by atoms with Crippen LogP contribution in [0.25, 0.3) is 11.0 Å². The molecule has 0 spiro atoms. The number of carbonyl (C=O) groups is 1. The summed E-state index contributed by atoms with van der Waals surface area (Å²) in [6.45, 7) is 3.68. The lowest BCUT2D eigenvalue weighted by Crippen LogP contribution is -2.25. The molecule has 1 aromatic heterocycles. The molecule has 0 saturated heterocycles. The molecule has 164 valence electrons. The predicted octanol–water partition coefficient (Wildman–Crippen LogP) is 4.58. The standard InChI is InChI=1S/C25H24FN3O3/c1-2-31-22-9-5-6-10-23(22)32-16-15-29-21-8-4-3-7-20(21)28-24(29)17-27-25(30)18-11-13-19(26)14-12-18/h3-14H,2,15-17H2,1H3,(H,27,30). The zero-order chi connectivity index (χ0) is 22.3. The van der Waals surface area contributed by atoms with E-state index < -0.39 is 0 Å². The molecule has 0 saturated carbocycles. The molecule has 0 bridgehead atoms. The van der Waals surface area contributed by atoms with E-state index in [1.165, 1.54) is 24.3 Å². The molecule has 0 aliphatic rings. The van der Waals surface area contributed by atoms with Crippen molar-refractivity contribution in [1.82, 2.24) is 14.9 Å². The highest BCUT2D eigenvalue weighted by molar-refractivity contribution is 5.94. The fourth-order valence-electron chi connectivity index (χ4n) is 3.46. The SMILES string of the molecule is CCOc1ccccc1OCCn1c(CNC(=O)c2ccc(F)cc2)nc2ccccc21. The summed E-state index contributed by atoms with van der Waals surface area (Å²) in [6, 6.07) is 20.8. The number of halogens is 1. The summed E-state index contributed by atoms with van der Waals surface area (Å²) < 4.78 is 26.7. The van der Waals surface area contributed by atoms with Gasteiger partial charge < -0.3 is 19.4 Å². The van der Waals surface area contributed by atoms with E-state index in [1.807, 2.05) is 60.0 Å². The second kappa shape index (κ2) is 9.96.